The van der Waals surface area contributed by atoms with Crippen LogP contribution in [0.25, 0.3) is 0 Å². The zero-order valence-electron chi connectivity index (χ0n) is 5.95. The summed E-state index contributed by atoms with van der Waals surface area (Å²) < 4.78 is 0. The van der Waals surface area contributed by atoms with Crippen LogP contribution in [-0.2, 0) is 0 Å². The Balaban J connectivity index is 3.65. The topological polar surface area (TPSA) is 0 Å². The Kier molecular flexibility index (Phi) is 3.64. The molecule has 0 spiro atoms. The first-order chi connectivity index (χ1) is 4.04. The van der Waals surface area contributed by atoms with Gasteiger partial charge in [0.1, 0.15) is 0 Å². The Labute approximate surface area is 62.2 Å². The average Bonchev–Trinajstić information content (AvgIpc) is 1.63. The number of rotatable bonds is 3. The molecule has 0 saturated carbocycles. The molecule has 0 aliphatic heterocycles. The molecule has 0 bridgehead atoms. The van der Waals surface area contributed by atoms with Crippen molar-refractivity contribution in [2.24, 2.45) is 5.92 Å². The molecule has 51 valence electrons. The van der Waals surface area contributed by atoms with Gasteiger partial charge in [0.15, 0.2) is 0 Å². The number of hydrogen-bond acceptors (Lipinski definition) is 0. The van der Waals surface area contributed by atoms with Crippen LogP contribution < -0.4 is 0 Å². The summed E-state index contributed by atoms with van der Waals surface area (Å²) in [4.78, 5) is 0. The maximum atomic E-state index is 5.52. The normalized spacial score (nSPS) is 9.78. The minimum absolute atomic E-state index is 0.476. The van der Waals surface area contributed by atoms with Crippen LogP contribution in [0.5, 0.6) is 0 Å². The van der Waals surface area contributed by atoms with Crippen molar-refractivity contribution < 1.29 is 0 Å². The summed E-state index contributed by atoms with van der Waals surface area (Å²) in [6.07, 6.45) is 0.836. The molecule has 0 aromatic carbocycles. The van der Waals surface area contributed by atoms with E-state index in [1.807, 2.05) is 0 Å². The molecule has 1 radical (unpaired) electrons. The minimum Gasteiger partial charge on any atom is -0.0847 e. The van der Waals surface area contributed by atoms with E-state index in [1.165, 1.54) is 0 Å². The highest BCUT2D eigenvalue weighted by atomic mass is 35.5. The van der Waals surface area contributed by atoms with Gasteiger partial charge in [0.25, 0.3) is 0 Å². The van der Waals surface area contributed by atoms with Gasteiger partial charge in [-0.2, -0.15) is 0 Å². The molecule has 0 aliphatic carbocycles. The minimum atomic E-state index is 0.476. The molecule has 9 heavy (non-hydrogen) atoms. The number of halogens is 1. The van der Waals surface area contributed by atoms with E-state index in [0.29, 0.717) is 16.5 Å². The van der Waals surface area contributed by atoms with E-state index in [1.54, 1.807) is 0 Å². The van der Waals surface area contributed by atoms with E-state index in [4.69, 9.17) is 18.2 Å². The van der Waals surface area contributed by atoms with Crippen molar-refractivity contribution in [1.29, 1.82) is 0 Å². The monoisotopic (exact) mass is 143 g/mol. The van der Waals surface area contributed by atoms with Crippen molar-refractivity contribution in [3.05, 3.63) is 23.8 Å². The largest absolute Gasteiger partial charge is 0.0847 e. The smallest absolute Gasteiger partial charge is 0.0366 e. The van der Waals surface area contributed by atoms with Gasteiger partial charge in [0, 0.05) is 5.03 Å². The lowest BCUT2D eigenvalue weighted by Crippen LogP contribution is -1.89. The molecule has 1 heteroatoms. The molecule has 0 N–H and O–H groups in total. The van der Waals surface area contributed by atoms with E-state index in [9.17, 15) is 0 Å². The van der Waals surface area contributed by atoms with E-state index >= 15 is 0 Å². The first-order valence-corrected chi connectivity index (χ1v) is 3.38. The lowest BCUT2D eigenvalue weighted by Gasteiger charge is -2.04. The van der Waals surface area contributed by atoms with Crippen LogP contribution in [0, 0.1) is 12.5 Å². The third-order valence-corrected chi connectivity index (χ3v) is 1.22. The van der Waals surface area contributed by atoms with Gasteiger partial charge in [-0.05, 0) is 17.9 Å². The van der Waals surface area contributed by atoms with Gasteiger partial charge >= 0.3 is 0 Å². The Morgan fingerprint density at radius 1 is 1.67 bits per heavy atom. The molecular formula is C8H12Cl. The van der Waals surface area contributed by atoms with Gasteiger partial charge in [-0.15, -0.1) is 0 Å². The molecule has 0 amide bonds. The average molecular weight is 144 g/mol. The Hall–Kier alpha value is -0.230. The second-order valence-corrected chi connectivity index (χ2v) is 2.98. The molecule has 0 nitrogen and oxygen atoms in total. The first-order valence-electron chi connectivity index (χ1n) is 3.00. The van der Waals surface area contributed by atoms with Gasteiger partial charge in [-0.25, -0.2) is 0 Å². The van der Waals surface area contributed by atoms with Crippen LogP contribution in [0.4, 0.5) is 0 Å². The molecule has 0 saturated heterocycles. The Morgan fingerprint density at radius 2 is 2.11 bits per heavy atom. The van der Waals surface area contributed by atoms with Crippen molar-refractivity contribution in [2.75, 3.05) is 0 Å². The van der Waals surface area contributed by atoms with E-state index in [2.05, 4.69) is 20.4 Å². The van der Waals surface area contributed by atoms with Crippen LogP contribution >= 0.6 is 11.6 Å². The molecule has 0 atom stereocenters. The van der Waals surface area contributed by atoms with Gasteiger partial charge < -0.3 is 0 Å². The second kappa shape index (κ2) is 3.73. The summed E-state index contributed by atoms with van der Waals surface area (Å²) in [5.41, 5.74) is 0.701. The summed E-state index contributed by atoms with van der Waals surface area (Å²) in [6.45, 7) is 13.2. The van der Waals surface area contributed by atoms with E-state index in [-0.39, 0.29) is 0 Å². The highest BCUT2D eigenvalue weighted by Gasteiger charge is 1.99. The zero-order chi connectivity index (χ0) is 7.44. The predicted molar refractivity (Wildman–Crippen MR) is 42.3 cm³/mol. The molecule has 0 heterocycles. The van der Waals surface area contributed by atoms with Crippen molar-refractivity contribution >= 4 is 11.6 Å². The van der Waals surface area contributed by atoms with Crippen LogP contribution in [-0.4, -0.2) is 0 Å². The summed E-state index contributed by atoms with van der Waals surface area (Å²) in [7, 11) is 0. The number of hydrogen-bond donors (Lipinski definition) is 0. The van der Waals surface area contributed by atoms with E-state index < -0.39 is 0 Å². The van der Waals surface area contributed by atoms with Crippen LogP contribution in [0.2, 0.25) is 0 Å². The van der Waals surface area contributed by atoms with Crippen LogP contribution in [0.1, 0.15) is 20.3 Å². The molecule has 0 rings (SSSR count). The molecule has 0 aliphatic rings. The number of allylic oxidation sites excluding steroid dienone is 2. The summed E-state index contributed by atoms with van der Waals surface area (Å²) >= 11 is 5.52. The molecule has 0 aromatic rings. The summed E-state index contributed by atoms with van der Waals surface area (Å²) in [6, 6.07) is 0. The standard InChI is InChI=1S/C8H12Cl/c1-6(2)5-7(3)8(4)9/h3,6H,4-5H2,1-2H3. The highest BCUT2D eigenvalue weighted by molar-refractivity contribution is 6.31. The SMILES string of the molecule is [CH]=C(CC(C)C)C(=C)Cl. The van der Waals surface area contributed by atoms with Gasteiger partial charge in [0.2, 0.25) is 0 Å². The third-order valence-electron chi connectivity index (χ3n) is 0.977. The van der Waals surface area contributed by atoms with Crippen molar-refractivity contribution in [2.45, 2.75) is 20.3 Å². The van der Waals surface area contributed by atoms with Gasteiger partial charge in [0.05, 0.1) is 0 Å². The predicted octanol–water partition coefficient (Wildman–Crippen LogP) is 3.14. The van der Waals surface area contributed by atoms with Gasteiger partial charge in [-0.1, -0.05) is 38.6 Å². The molecule has 0 unspecified atom stereocenters. The molecule has 0 fully saturated rings. The summed E-state index contributed by atoms with van der Waals surface area (Å²) in [5.74, 6) is 0.556. The maximum absolute atomic E-state index is 5.52. The fraction of sp³-hybridized carbons (Fsp3) is 0.500. The summed E-state index contributed by atoms with van der Waals surface area (Å²) in [5, 5.41) is 0.476. The molecule has 0 aromatic heterocycles. The van der Waals surface area contributed by atoms with Crippen molar-refractivity contribution in [3.8, 4) is 0 Å². The lowest BCUT2D eigenvalue weighted by molar-refractivity contribution is 0.649. The fourth-order valence-corrected chi connectivity index (χ4v) is 0.628. The Morgan fingerprint density at radius 3 is 2.22 bits per heavy atom. The highest BCUT2D eigenvalue weighted by Crippen LogP contribution is 2.17. The van der Waals surface area contributed by atoms with Crippen LogP contribution in [0.3, 0.4) is 0 Å². The van der Waals surface area contributed by atoms with Crippen molar-refractivity contribution in [3.63, 3.8) is 0 Å². The lowest BCUT2D eigenvalue weighted by atomic mass is 10.0. The maximum Gasteiger partial charge on any atom is 0.0366 e. The third kappa shape index (κ3) is 4.28. The zero-order valence-corrected chi connectivity index (χ0v) is 6.70. The van der Waals surface area contributed by atoms with Gasteiger partial charge in [-0.3, -0.25) is 0 Å². The van der Waals surface area contributed by atoms with E-state index in [0.717, 1.165) is 6.42 Å². The van der Waals surface area contributed by atoms with Crippen LogP contribution in [0.15, 0.2) is 17.2 Å². The molecular weight excluding hydrogens is 132 g/mol. The Bertz CT molecular complexity index is 123. The fourth-order valence-electron chi connectivity index (χ4n) is 0.551. The van der Waals surface area contributed by atoms with Crippen molar-refractivity contribution in [1.82, 2.24) is 0 Å². The first kappa shape index (κ1) is 8.77. The quantitative estimate of drug-likeness (QED) is 0.533. The second-order valence-electron chi connectivity index (χ2n) is 2.53.